The number of anilines is 2. The van der Waals surface area contributed by atoms with Crippen LogP contribution < -0.4 is 25.4 Å². The Balaban J connectivity index is 1.18. The van der Waals surface area contributed by atoms with Gasteiger partial charge in [-0.3, -0.25) is 14.4 Å². The third-order valence-electron chi connectivity index (χ3n) is 6.57. The first-order valence-electron chi connectivity index (χ1n) is 14.1. The van der Waals surface area contributed by atoms with Crippen LogP contribution in [0, 0.1) is 0 Å². The van der Waals surface area contributed by atoms with Gasteiger partial charge in [-0.2, -0.15) is 0 Å². The van der Waals surface area contributed by atoms with E-state index in [4.69, 9.17) is 9.47 Å². The Morgan fingerprint density at radius 3 is 2.11 bits per heavy atom. The minimum absolute atomic E-state index is 0.0754. The molecule has 5 aromatic rings. The number of nitrogens with one attached hydrogen (secondary N) is 3. The van der Waals surface area contributed by atoms with Crippen molar-refractivity contribution in [3.05, 3.63) is 125 Å². The molecule has 9 nitrogen and oxygen atoms in total. The first-order valence-corrected chi connectivity index (χ1v) is 15.9. The Morgan fingerprint density at radius 1 is 0.804 bits per heavy atom. The summed E-state index contributed by atoms with van der Waals surface area (Å²) in [6, 6.07) is 30.5. The highest BCUT2D eigenvalue weighted by atomic mass is 32.2. The molecule has 0 aliphatic carbocycles. The van der Waals surface area contributed by atoms with Crippen molar-refractivity contribution in [2.75, 3.05) is 30.6 Å². The highest BCUT2D eigenvalue weighted by Gasteiger charge is 2.16. The van der Waals surface area contributed by atoms with Crippen LogP contribution in [0.2, 0.25) is 0 Å². The molecule has 0 saturated carbocycles. The molecule has 0 radical (unpaired) electrons. The molecule has 232 valence electrons. The predicted molar refractivity (Wildman–Crippen MR) is 183 cm³/mol. The molecule has 0 fully saturated rings. The lowest BCUT2D eigenvalue weighted by Crippen LogP contribution is -2.30. The highest BCUT2D eigenvalue weighted by molar-refractivity contribution is 8.00. The predicted octanol–water partition coefficient (Wildman–Crippen LogP) is 6.97. The number of ether oxygens (including phenoxy) is 2. The first-order chi connectivity index (χ1) is 22.4. The van der Waals surface area contributed by atoms with Crippen LogP contribution in [-0.4, -0.2) is 42.7 Å². The van der Waals surface area contributed by atoms with E-state index in [1.807, 2.05) is 47.8 Å². The van der Waals surface area contributed by atoms with Crippen LogP contribution in [0.4, 0.5) is 10.8 Å². The molecular formula is C35H30N4O5S2. The number of thiazole rings is 1. The van der Waals surface area contributed by atoms with Crippen molar-refractivity contribution >= 4 is 57.7 Å². The van der Waals surface area contributed by atoms with E-state index < -0.39 is 11.8 Å². The second-order valence-electron chi connectivity index (χ2n) is 9.73. The molecule has 4 aromatic carbocycles. The number of methoxy groups -OCH3 is 2. The molecule has 0 atom stereocenters. The zero-order chi connectivity index (χ0) is 32.3. The maximum absolute atomic E-state index is 13.3. The van der Waals surface area contributed by atoms with Crippen molar-refractivity contribution in [3.8, 4) is 22.8 Å². The summed E-state index contributed by atoms with van der Waals surface area (Å²) in [6.45, 7) is 0. The first kappa shape index (κ1) is 32.0. The number of hydrogen-bond acceptors (Lipinski definition) is 8. The van der Waals surface area contributed by atoms with Gasteiger partial charge in [-0.1, -0.05) is 30.3 Å². The molecule has 46 heavy (non-hydrogen) atoms. The van der Waals surface area contributed by atoms with Gasteiger partial charge in [0.25, 0.3) is 11.8 Å². The van der Waals surface area contributed by atoms with E-state index in [2.05, 4.69) is 20.9 Å². The molecular weight excluding hydrogens is 621 g/mol. The maximum Gasteiger partial charge on any atom is 0.272 e. The smallest absolute Gasteiger partial charge is 0.272 e. The number of nitrogens with zero attached hydrogens (tertiary/aromatic N) is 1. The summed E-state index contributed by atoms with van der Waals surface area (Å²) < 4.78 is 10.4. The quantitative estimate of drug-likeness (QED) is 0.0986. The number of aromatic nitrogens is 1. The average Bonchev–Trinajstić information content (AvgIpc) is 3.56. The van der Waals surface area contributed by atoms with E-state index in [-0.39, 0.29) is 17.4 Å². The van der Waals surface area contributed by atoms with Gasteiger partial charge in [-0.15, -0.1) is 23.1 Å². The summed E-state index contributed by atoms with van der Waals surface area (Å²) in [6.07, 6.45) is 1.60. The van der Waals surface area contributed by atoms with E-state index in [1.165, 1.54) is 23.1 Å². The molecule has 5 rings (SSSR count). The Hall–Kier alpha value is -5.39. The van der Waals surface area contributed by atoms with Gasteiger partial charge in [-0.05, 0) is 84.4 Å². The Kier molecular flexibility index (Phi) is 10.8. The minimum atomic E-state index is -0.489. The summed E-state index contributed by atoms with van der Waals surface area (Å²) in [4.78, 5) is 44.1. The van der Waals surface area contributed by atoms with Crippen LogP contribution in [-0.2, 0) is 9.59 Å². The largest absolute Gasteiger partial charge is 0.497 e. The number of hydrogen-bond donors (Lipinski definition) is 3. The molecule has 3 N–H and O–H groups in total. The fourth-order valence-corrected chi connectivity index (χ4v) is 5.61. The zero-order valence-corrected chi connectivity index (χ0v) is 26.6. The molecule has 0 aliphatic rings. The normalized spacial score (nSPS) is 11.0. The van der Waals surface area contributed by atoms with Crippen molar-refractivity contribution in [2.24, 2.45) is 0 Å². The van der Waals surface area contributed by atoms with Crippen LogP contribution in [0.1, 0.15) is 15.9 Å². The topological polar surface area (TPSA) is 119 Å². The van der Waals surface area contributed by atoms with E-state index in [0.29, 0.717) is 27.7 Å². The van der Waals surface area contributed by atoms with Crippen molar-refractivity contribution in [1.29, 1.82) is 0 Å². The van der Waals surface area contributed by atoms with Gasteiger partial charge in [0.2, 0.25) is 5.91 Å². The van der Waals surface area contributed by atoms with Crippen molar-refractivity contribution in [1.82, 2.24) is 10.3 Å². The fraction of sp³-hybridized carbons (Fsp3) is 0.0857. The molecule has 0 aliphatic heterocycles. The fourth-order valence-electron chi connectivity index (χ4n) is 4.17. The Morgan fingerprint density at radius 2 is 1.46 bits per heavy atom. The third kappa shape index (κ3) is 8.84. The Bertz CT molecular complexity index is 1820. The van der Waals surface area contributed by atoms with Gasteiger partial charge >= 0.3 is 0 Å². The van der Waals surface area contributed by atoms with Crippen molar-refractivity contribution in [2.45, 2.75) is 4.90 Å². The van der Waals surface area contributed by atoms with Gasteiger partial charge in [-0.25, -0.2) is 4.98 Å². The molecule has 0 bridgehead atoms. The van der Waals surface area contributed by atoms with Crippen LogP contribution in [0.25, 0.3) is 17.3 Å². The van der Waals surface area contributed by atoms with Crippen molar-refractivity contribution < 1.29 is 23.9 Å². The molecule has 1 aromatic heterocycles. The standard InChI is InChI=1S/C35H30N4O5S2/c1-43-27-14-8-23(9-15-27)20-30(37-33(41)25-6-4-3-5-7-25)34(42)36-26-12-18-29(19-13-26)45-22-32(40)39-35-38-31(21-46-35)24-10-16-28(44-2)17-11-24/h3-21H,22H2,1-2H3,(H,36,42)(H,37,41)(H,38,39,40)/b30-20-. The summed E-state index contributed by atoms with van der Waals surface area (Å²) in [5, 5.41) is 10.8. The minimum Gasteiger partial charge on any atom is -0.497 e. The lowest BCUT2D eigenvalue weighted by atomic mass is 10.1. The number of carbonyl (C=O) groups excluding carboxylic acids is 3. The number of carbonyl (C=O) groups is 3. The molecule has 3 amide bonds. The number of benzene rings is 4. The summed E-state index contributed by atoms with van der Waals surface area (Å²) in [5.41, 5.74) is 3.44. The van der Waals surface area contributed by atoms with E-state index in [9.17, 15) is 14.4 Å². The van der Waals surface area contributed by atoms with Crippen LogP contribution >= 0.6 is 23.1 Å². The monoisotopic (exact) mass is 650 g/mol. The van der Waals surface area contributed by atoms with E-state index in [0.717, 1.165) is 21.9 Å². The van der Waals surface area contributed by atoms with E-state index >= 15 is 0 Å². The average molecular weight is 651 g/mol. The molecule has 0 saturated heterocycles. The zero-order valence-electron chi connectivity index (χ0n) is 25.0. The summed E-state index contributed by atoms with van der Waals surface area (Å²) >= 11 is 2.72. The van der Waals surface area contributed by atoms with Crippen molar-refractivity contribution in [3.63, 3.8) is 0 Å². The summed E-state index contributed by atoms with van der Waals surface area (Å²) in [5.74, 6) is 0.546. The van der Waals surface area contributed by atoms with Gasteiger partial charge in [0.1, 0.15) is 17.2 Å². The van der Waals surface area contributed by atoms with E-state index in [1.54, 1.807) is 81.0 Å². The SMILES string of the molecule is COc1ccc(/C=C(\NC(=O)c2ccccc2)C(=O)Nc2ccc(SCC(=O)Nc3nc(-c4ccc(OC)cc4)cs3)cc2)cc1. The molecule has 1 heterocycles. The van der Waals surface area contributed by atoms with Gasteiger partial charge in [0.15, 0.2) is 5.13 Å². The molecule has 0 spiro atoms. The van der Waals surface area contributed by atoms with Gasteiger partial charge in [0.05, 0.1) is 25.7 Å². The number of rotatable bonds is 12. The maximum atomic E-state index is 13.3. The molecule has 0 unspecified atom stereocenters. The van der Waals surface area contributed by atoms with Crippen LogP contribution in [0.3, 0.4) is 0 Å². The Labute approximate surface area is 274 Å². The third-order valence-corrected chi connectivity index (χ3v) is 8.34. The second-order valence-corrected chi connectivity index (χ2v) is 11.6. The van der Waals surface area contributed by atoms with Gasteiger partial charge in [0, 0.05) is 27.1 Å². The highest BCUT2D eigenvalue weighted by Crippen LogP contribution is 2.27. The lowest BCUT2D eigenvalue weighted by molar-refractivity contribution is -0.114. The summed E-state index contributed by atoms with van der Waals surface area (Å²) in [7, 11) is 3.19. The van der Waals surface area contributed by atoms with Crippen LogP contribution in [0.5, 0.6) is 11.5 Å². The lowest BCUT2D eigenvalue weighted by Gasteiger charge is -2.12. The number of thioether (sulfide) groups is 1. The van der Waals surface area contributed by atoms with Crippen LogP contribution in [0.15, 0.2) is 119 Å². The van der Waals surface area contributed by atoms with Gasteiger partial charge < -0.3 is 25.4 Å². The second kappa shape index (κ2) is 15.6. The number of amides is 3. The molecule has 11 heteroatoms.